The first-order chi connectivity index (χ1) is 15.3. The number of rotatable bonds is 8. The van der Waals surface area contributed by atoms with E-state index in [1.807, 2.05) is 43.3 Å². The Morgan fingerprint density at radius 3 is 2.30 bits per heavy atom. The zero-order chi connectivity index (χ0) is 24.8. The molecule has 0 spiro atoms. The number of benzene rings is 2. The second-order valence-corrected chi connectivity index (χ2v) is 24.2. The molecule has 0 fully saturated rings. The third-order valence-electron chi connectivity index (χ3n) is 4.94. The third kappa shape index (κ3) is 8.38. The first-order valence-corrected chi connectivity index (χ1v) is 21.0. The van der Waals surface area contributed by atoms with Gasteiger partial charge in [0.2, 0.25) is 0 Å². The standard InChI is InChI=1S/C22H26N3O4.3CH3.Sn/c1-16-9-8-10-18(13-16)24-21(28)23-14-20(27)25(19-11-6-5-7-12-19)15-22(3,4)29-17(2)26;;;;/h5-11,13H,14-15H2,1-4H3,(H2,23,24,28);3*1H3;. The van der Waals surface area contributed by atoms with Crippen LogP contribution >= 0.6 is 0 Å². The van der Waals surface area contributed by atoms with Crippen molar-refractivity contribution in [2.75, 3.05) is 23.3 Å². The summed E-state index contributed by atoms with van der Waals surface area (Å²) >= 11 is -2.60. The van der Waals surface area contributed by atoms with E-state index in [1.165, 1.54) is 10.5 Å². The molecule has 0 bridgehead atoms. The van der Waals surface area contributed by atoms with Gasteiger partial charge in [-0.15, -0.1) is 0 Å². The number of para-hydroxylation sites is 1. The number of hydrogen-bond donors (Lipinski definition) is 2. The van der Waals surface area contributed by atoms with Crippen molar-refractivity contribution >= 4 is 51.2 Å². The van der Waals surface area contributed by atoms with Gasteiger partial charge in [-0.2, -0.15) is 0 Å². The number of hydrogen-bond acceptors (Lipinski definition) is 4. The third-order valence-corrected chi connectivity index (χ3v) is 10.8. The van der Waals surface area contributed by atoms with Crippen LogP contribution < -0.4 is 19.1 Å². The Kier molecular flexibility index (Phi) is 8.94. The molecule has 2 aromatic rings. The number of ether oxygens (including phenoxy) is 1. The van der Waals surface area contributed by atoms with Crippen LogP contribution in [0.25, 0.3) is 0 Å². The molecule has 0 unspecified atom stereocenters. The molecule has 0 heterocycles. The SMILES string of the molecule is CC(=O)OC(C)(C)CN(C(=O)CNC(=O)Nc1cccc(C)c1)c1cccc[c]1[Sn]([CH3])([CH3])[CH3]. The summed E-state index contributed by atoms with van der Waals surface area (Å²) < 4.78 is 6.65. The van der Waals surface area contributed by atoms with E-state index in [9.17, 15) is 14.4 Å². The van der Waals surface area contributed by atoms with Crippen LogP contribution in [0.2, 0.25) is 14.8 Å². The van der Waals surface area contributed by atoms with E-state index in [2.05, 4.69) is 31.5 Å². The summed E-state index contributed by atoms with van der Waals surface area (Å²) in [6, 6.07) is 14.8. The summed E-state index contributed by atoms with van der Waals surface area (Å²) in [6.07, 6.45) is 0. The summed E-state index contributed by atoms with van der Waals surface area (Å²) in [7, 11) is 0. The van der Waals surface area contributed by atoms with E-state index in [0.29, 0.717) is 5.69 Å². The number of esters is 1. The minimum atomic E-state index is -2.60. The molecule has 3 amide bonds. The van der Waals surface area contributed by atoms with Crippen LogP contribution in [-0.2, 0) is 14.3 Å². The fraction of sp³-hybridized carbons (Fsp3) is 0.400. The average molecular weight is 560 g/mol. The number of carbonyl (C=O) groups excluding carboxylic acids is 3. The predicted molar refractivity (Wildman–Crippen MR) is 136 cm³/mol. The molecule has 0 atom stereocenters. The molecule has 7 nitrogen and oxygen atoms in total. The van der Waals surface area contributed by atoms with Crippen LogP contribution in [0.4, 0.5) is 16.2 Å². The van der Waals surface area contributed by atoms with E-state index >= 15 is 0 Å². The molecule has 0 aliphatic carbocycles. The van der Waals surface area contributed by atoms with Gasteiger partial charge in [-0.3, -0.25) is 0 Å². The second-order valence-electron chi connectivity index (χ2n) is 9.78. The van der Waals surface area contributed by atoms with Crippen LogP contribution in [-0.4, -0.2) is 55.0 Å². The predicted octanol–water partition coefficient (Wildman–Crippen LogP) is 4.04. The van der Waals surface area contributed by atoms with Gasteiger partial charge in [-0.25, -0.2) is 0 Å². The zero-order valence-electron chi connectivity index (χ0n) is 20.6. The van der Waals surface area contributed by atoms with Gasteiger partial charge in [0, 0.05) is 0 Å². The fourth-order valence-corrected chi connectivity index (χ4v) is 8.12. The van der Waals surface area contributed by atoms with Crippen molar-refractivity contribution < 1.29 is 19.1 Å². The summed E-state index contributed by atoms with van der Waals surface area (Å²) in [4.78, 5) is 45.8. The van der Waals surface area contributed by atoms with Crippen LogP contribution in [0.1, 0.15) is 26.3 Å². The molecule has 0 saturated carbocycles. The first kappa shape index (κ1) is 26.7. The van der Waals surface area contributed by atoms with Gasteiger partial charge in [-0.1, -0.05) is 0 Å². The number of carbonyl (C=O) groups is 3. The van der Waals surface area contributed by atoms with Gasteiger partial charge in [0.05, 0.1) is 0 Å². The maximum absolute atomic E-state index is 13.4. The van der Waals surface area contributed by atoms with Crippen LogP contribution in [0.5, 0.6) is 0 Å². The molecule has 2 aromatic carbocycles. The van der Waals surface area contributed by atoms with Gasteiger partial charge in [0.1, 0.15) is 0 Å². The number of anilines is 2. The quantitative estimate of drug-likeness (QED) is 0.377. The van der Waals surface area contributed by atoms with E-state index < -0.39 is 36.0 Å². The molecule has 0 radical (unpaired) electrons. The van der Waals surface area contributed by atoms with E-state index in [0.717, 1.165) is 11.3 Å². The number of amides is 3. The van der Waals surface area contributed by atoms with Gasteiger partial charge in [0.15, 0.2) is 0 Å². The first-order valence-electron chi connectivity index (χ1n) is 11.0. The van der Waals surface area contributed by atoms with E-state index in [1.54, 1.807) is 24.8 Å². The molecule has 8 heteroatoms. The van der Waals surface area contributed by atoms with Gasteiger partial charge in [-0.05, 0) is 0 Å². The summed E-state index contributed by atoms with van der Waals surface area (Å²) in [6.45, 7) is 6.82. The number of nitrogens with zero attached hydrogens (tertiary/aromatic N) is 1. The Bertz CT molecular complexity index is 1010. The van der Waals surface area contributed by atoms with Crippen molar-refractivity contribution in [2.24, 2.45) is 0 Å². The Hall–Kier alpha value is -2.55. The molecular weight excluding hydrogens is 525 g/mol. The second kappa shape index (κ2) is 11.0. The van der Waals surface area contributed by atoms with Crippen molar-refractivity contribution in [1.82, 2.24) is 5.32 Å². The number of urea groups is 1. The number of nitrogens with one attached hydrogen (secondary N) is 2. The Labute approximate surface area is 200 Å². The fourth-order valence-electron chi connectivity index (χ4n) is 3.60. The molecule has 0 aliphatic rings. The van der Waals surface area contributed by atoms with Crippen molar-refractivity contribution in [3.63, 3.8) is 0 Å². The molecule has 2 N–H and O–H groups in total. The zero-order valence-corrected chi connectivity index (χ0v) is 23.5. The summed E-state index contributed by atoms with van der Waals surface area (Å²) in [5, 5.41) is 5.40. The van der Waals surface area contributed by atoms with E-state index in [4.69, 9.17) is 4.74 Å². The van der Waals surface area contributed by atoms with Crippen molar-refractivity contribution in [2.45, 2.75) is 48.1 Å². The molecule has 178 valence electrons. The summed E-state index contributed by atoms with van der Waals surface area (Å²) in [5.41, 5.74) is 1.59. The maximum atomic E-state index is 13.4. The van der Waals surface area contributed by atoms with Gasteiger partial charge < -0.3 is 0 Å². The minimum absolute atomic E-state index is 0.172. The molecule has 0 aliphatic heterocycles. The Morgan fingerprint density at radius 2 is 1.70 bits per heavy atom. The van der Waals surface area contributed by atoms with Crippen LogP contribution in [0, 0.1) is 6.92 Å². The van der Waals surface area contributed by atoms with Crippen LogP contribution in [0.3, 0.4) is 0 Å². The molecule has 33 heavy (non-hydrogen) atoms. The van der Waals surface area contributed by atoms with Crippen molar-refractivity contribution in [3.8, 4) is 0 Å². The van der Waals surface area contributed by atoms with E-state index in [-0.39, 0.29) is 19.0 Å². The molecule has 2 rings (SSSR count). The number of aryl methyl sites for hydroxylation is 1. The van der Waals surface area contributed by atoms with Crippen LogP contribution in [0.15, 0.2) is 48.5 Å². The summed E-state index contributed by atoms with van der Waals surface area (Å²) in [5.74, 6) is -0.691. The normalized spacial score (nSPS) is 11.5. The molecular formula is C25H35N3O4Sn. The average Bonchev–Trinajstić information content (AvgIpc) is 2.69. The van der Waals surface area contributed by atoms with Gasteiger partial charge in [0.25, 0.3) is 0 Å². The van der Waals surface area contributed by atoms with Gasteiger partial charge >= 0.3 is 201 Å². The Morgan fingerprint density at radius 1 is 1.03 bits per heavy atom. The molecule has 0 saturated heterocycles. The topological polar surface area (TPSA) is 87.7 Å². The Balaban J connectivity index is 2.25. The van der Waals surface area contributed by atoms with Crippen molar-refractivity contribution in [3.05, 3.63) is 54.1 Å². The molecule has 0 aromatic heterocycles. The monoisotopic (exact) mass is 561 g/mol. The van der Waals surface area contributed by atoms with Crippen molar-refractivity contribution in [1.29, 1.82) is 0 Å².